The van der Waals surface area contributed by atoms with Crippen molar-refractivity contribution < 1.29 is 19.1 Å². The van der Waals surface area contributed by atoms with Crippen LogP contribution in [0.25, 0.3) is 5.76 Å². The first-order chi connectivity index (χ1) is 13.5. The molecular weight excluding hydrogens is 445 g/mol. The van der Waals surface area contributed by atoms with Gasteiger partial charge in [0.1, 0.15) is 17.6 Å². The number of aliphatic hydroxyl groups excluding tert-OH is 1. The van der Waals surface area contributed by atoms with E-state index < -0.39 is 23.5 Å². The maximum absolute atomic E-state index is 13.3. The van der Waals surface area contributed by atoms with Crippen LogP contribution in [-0.2, 0) is 9.59 Å². The van der Waals surface area contributed by atoms with Crippen LogP contribution in [0.3, 0.4) is 0 Å². The summed E-state index contributed by atoms with van der Waals surface area (Å²) in [6, 6.07) is 15.1. The third-order valence-corrected chi connectivity index (χ3v) is 5.88. The lowest BCUT2D eigenvalue weighted by atomic mass is 9.99. The van der Waals surface area contributed by atoms with E-state index in [1.807, 2.05) is 23.6 Å². The smallest absolute Gasteiger partial charge is 0.300 e. The van der Waals surface area contributed by atoms with Gasteiger partial charge in [-0.3, -0.25) is 14.5 Å². The molecule has 1 amide bonds. The van der Waals surface area contributed by atoms with E-state index in [1.165, 1.54) is 40.5 Å². The molecule has 0 saturated carbocycles. The van der Waals surface area contributed by atoms with Gasteiger partial charge >= 0.3 is 0 Å². The molecule has 0 spiro atoms. The van der Waals surface area contributed by atoms with E-state index in [9.17, 15) is 19.1 Å². The Balaban J connectivity index is 1.93. The summed E-state index contributed by atoms with van der Waals surface area (Å²) < 4.78 is 14.0. The first kappa shape index (κ1) is 18.6. The zero-order valence-corrected chi connectivity index (χ0v) is 16.7. The van der Waals surface area contributed by atoms with E-state index in [0.29, 0.717) is 5.69 Å². The number of carbonyl (C=O) groups excluding carboxylic acids is 2. The van der Waals surface area contributed by atoms with Crippen LogP contribution in [0.1, 0.15) is 16.5 Å². The Labute approximate surface area is 172 Å². The Morgan fingerprint density at radius 3 is 2.46 bits per heavy atom. The second-order valence-electron chi connectivity index (χ2n) is 6.17. The van der Waals surface area contributed by atoms with E-state index in [2.05, 4.69) is 15.9 Å². The number of ketones is 1. The molecule has 2 aromatic carbocycles. The Kier molecular flexibility index (Phi) is 4.87. The van der Waals surface area contributed by atoms with Gasteiger partial charge in [-0.1, -0.05) is 28.1 Å². The van der Waals surface area contributed by atoms with E-state index in [0.717, 1.165) is 9.35 Å². The Hall–Kier alpha value is -2.77. The minimum absolute atomic E-state index is 0.0148. The highest BCUT2D eigenvalue weighted by Crippen LogP contribution is 2.43. The number of rotatable bonds is 3. The molecule has 1 aliphatic heterocycles. The molecule has 3 aromatic rings. The number of carbonyl (C=O) groups is 2. The van der Waals surface area contributed by atoms with Crippen LogP contribution in [0.2, 0.25) is 0 Å². The summed E-state index contributed by atoms with van der Waals surface area (Å²) in [5, 5.41) is 12.7. The molecule has 1 saturated heterocycles. The first-order valence-electron chi connectivity index (χ1n) is 8.33. The molecule has 2 heterocycles. The third-order valence-electron chi connectivity index (χ3n) is 4.46. The lowest BCUT2D eigenvalue weighted by Gasteiger charge is -2.24. The predicted molar refractivity (Wildman–Crippen MR) is 110 cm³/mol. The molecule has 4 nitrogen and oxygen atoms in total. The molecule has 1 unspecified atom stereocenters. The number of aliphatic hydroxyl groups is 1. The minimum Gasteiger partial charge on any atom is -0.507 e. The molecule has 0 aliphatic carbocycles. The van der Waals surface area contributed by atoms with Crippen molar-refractivity contribution in [1.29, 1.82) is 0 Å². The number of nitrogens with zero attached hydrogens (tertiary/aromatic N) is 1. The number of hydrogen-bond donors (Lipinski definition) is 1. The van der Waals surface area contributed by atoms with Crippen molar-refractivity contribution in [2.45, 2.75) is 6.04 Å². The average molecular weight is 458 g/mol. The summed E-state index contributed by atoms with van der Waals surface area (Å²) in [5.74, 6) is -2.28. The van der Waals surface area contributed by atoms with Gasteiger partial charge < -0.3 is 5.11 Å². The largest absolute Gasteiger partial charge is 0.507 e. The number of benzene rings is 2. The fraction of sp³-hybridized carbons (Fsp3) is 0.0476. The SMILES string of the molecule is O=C1C(=O)N(c2cccc(Br)c2)C(c2cccs2)/C1=C(/O)c1ccc(F)cc1. The Morgan fingerprint density at radius 2 is 1.82 bits per heavy atom. The summed E-state index contributed by atoms with van der Waals surface area (Å²) in [4.78, 5) is 27.9. The van der Waals surface area contributed by atoms with Crippen LogP contribution >= 0.6 is 27.3 Å². The fourth-order valence-corrected chi connectivity index (χ4v) is 4.41. The summed E-state index contributed by atoms with van der Waals surface area (Å²) in [7, 11) is 0. The van der Waals surface area contributed by atoms with E-state index >= 15 is 0 Å². The summed E-state index contributed by atoms with van der Waals surface area (Å²) in [6.45, 7) is 0. The lowest BCUT2D eigenvalue weighted by molar-refractivity contribution is -0.132. The van der Waals surface area contributed by atoms with Gasteiger partial charge in [0.15, 0.2) is 0 Å². The van der Waals surface area contributed by atoms with Gasteiger partial charge in [-0.05, 0) is 53.9 Å². The number of hydrogen-bond acceptors (Lipinski definition) is 4. The van der Waals surface area contributed by atoms with Gasteiger partial charge in [0.25, 0.3) is 11.7 Å². The molecule has 1 fully saturated rings. The van der Waals surface area contributed by atoms with Gasteiger partial charge in [0.05, 0.1) is 5.57 Å². The molecule has 0 radical (unpaired) electrons. The van der Waals surface area contributed by atoms with Crippen LogP contribution in [0.5, 0.6) is 0 Å². The summed E-state index contributed by atoms with van der Waals surface area (Å²) in [5.41, 5.74) is 0.794. The van der Waals surface area contributed by atoms with Crippen molar-refractivity contribution in [3.8, 4) is 0 Å². The fourth-order valence-electron chi connectivity index (χ4n) is 3.20. The van der Waals surface area contributed by atoms with Crippen molar-refractivity contribution >= 4 is 50.4 Å². The topological polar surface area (TPSA) is 57.6 Å². The monoisotopic (exact) mass is 457 g/mol. The number of Topliss-reactive ketones (excluding diaryl/α,β-unsaturated/α-hetero) is 1. The van der Waals surface area contributed by atoms with Crippen LogP contribution in [0.4, 0.5) is 10.1 Å². The van der Waals surface area contributed by atoms with Crippen molar-refractivity contribution in [2.24, 2.45) is 0 Å². The molecule has 1 aromatic heterocycles. The predicted octanol–water partition coefficient (Wildman–Crippen LogP) is 5.28. The quantitative estimate of drug-likeness (QED) is 0.330. The van der Waals surface area contributed by atoms with Crippen molar-refractivity contribution in [2.75, 3.05) is 4.90 Å². The molecule has 0 bridgehead atoms. The molecule has 28 heavy (non-hydrogen) atoms. The molecular formula is C21H13BrFNO3S. The maximum atomic E-state index is 13.3. The Morgan fingerprint density at radius 1 is 1.07 bits per heavy atom. The van der Waals surface area contributed by atoms with Gasteiger partial charge in [-0.2, -0.15) is 0 Å². The maximum Gasteiger partial charge on any atom is 0.300 e. The second kappa shape index (κ2) is 7.33. The molecule has 7 heteroatoms. The molecule has 1 N–H and O–H groups in total. The van der Waals surface area contributed by atoms with Crippen molar-refractivity contribution in [3.63, 3.8) is 0 Å². The minimum atomic E-state index is -0.778. The molecule has 1 aliphatic rings. The standard InChI is InChI=1S/C21H13BrFNO3S/c22-13-3-1-4-15(11-13)24-18(16-5-2-10-28-16)17(20(26)21(24)27)19(25)12-6-8-14(23)9-7-12/h1-11,18,25H/b19-17-. The highest BCUT2D eigenvalue weighted by Gasteiger charge is 2.47. The van der Waals surface area contributed by atoms with Crippen molar-refractivity contribution in [3.05, 3.63) is 92.3 Å². The van der Waals surface area contributed by atoms with Gasteiger partial charge in [-0.25, -0.2) is 4.39 Å². The van der Waals surface area contributed by atoms with E-state index in [1.54, 1.807) is 18.2 Å². The van der Waals surface area contributed by atoms with E-state index in [-0.39, 0.29) is 16.9 Å². The average Bonchev–Trinajstić information content (AvgIpc) is 3.29. The summed E-state index contributed by atoms with van der Waals surface area (Å²) >= 11 is 4.77. The van der Waals surface area contributed by atoms with Gasteiger partial charge in [0.2, 0.25) is 0 Å². The zero-order valence-electron chi connectivity index (χ0n) is 14.3. The van der Waals surface area contributed by atoms with Crippen LogP contribution in [0, 0.1) is 5.82 Å². The van der Waals surface area contributed by atoms with Crippen LogP contribution in [0.15, 0.2) is 76.1 Å². The van der Waals surface area contributed by atoms with Crippen LogP contribution in [-0.4, -0.2) is 16.8 Å². The summed E-state index contributed by atoms with van der Waals surface area (Å²) in [6.07, 6.45) is 0. The number of thiophene rings is 1. The molecule has 4 rings (SSSR count). The van der Waals surface area contributed by atoms with Crippen molar-refractivity contribution in [1.82, 2.24) is 0 Å². The number of halogens is 2. The van der Waals surface area contributed by atoms with Gasteiger partial charge in [0, 0.05) is 20.6 Å². The zero-order chi connectivity index (χ0) is 19.8. The normalized spacial score (nSPS) is 18.6. The van der Waals surface area contributed by atoms with E-state index in [4.69, 9.17) is 0 Å². The third kappa shape index (κ3) is 3.16. The number of anilines is 1. The first-order valence-corrected chi connectivity index (χ1v) is 10.0. The van der Waals surface area contributed by atoms with Gasteiger partial charge in [-0.15, -0.1) is 11.3 Å². The van der Waals surface area contributed by atoms with Crippen LogP contribution < -0.4 is 4.90 Å². The lowest BCUT2D eigenvalue weighted by Crippen LogP contribution is -2.29. The molecule has 1 atom stereocenters. The number of amides is 1. The highest BCUT2D eigenvalue weighted by molar-refractivity contribution is 9.10. The Bertz CT molecular complexity index is 1090. The highest BCUT2D eigenvalue weighted by atomic mass is 79.9. The molecule has 140 valence electrons. The second-order valence-corrected chi connectivity index (χ2v) is 8.07.